The first-order chi connectivity index (χ1) is 17.8. The molecule has 0 aliphatic carbocycles. The van der Waals surface area contributed by atoms with Gasteiger partial charge in [0.15, 0.2) is 5.82 Å². The zero-order valence-corrected chi connectivity index (χ0v) is 20.0. The molecule has 0 aliphatic heterocycles. The highest BCUT2D eigenvalue weighted by Crippen LogP contribution is 2.38. The van der Waals surface area contributed by atoms with E-state index in [2.05, 4.69) is 101 Å². The van der Waals surface area contributed by atoms with Gasteiger partial charge in [0.05, 0.1) is 16.6 Å². The highest BCUT2D eigenvalue weighted by atomic mass is 35.5. The number of hydrogen-bond donors (Lipinski definition) is 0. The molecule has 0 N–H and O–H groups in total. The Morgan fingerprint density at radius 1 is 0.472 bits per heavy atom. The number of fused-ring (bicyclic) bond motifs is 4. The Kier molecular flexibility index (Phi) is 4.83. The number of rotatable bonds is 3. The third kappa shape index (κ3) is 3.36. The largest absolute Gasteiger partial charge is 0.293 e. The lowest BCUT2D eigenvalue weighted by atomic mass is 10.0. The Morgan fingerprint density at radius 2 is 1.00 bits per heavy atom. The Morgan fingerprint density at radius 3 is 1.58 bits per heavy atom. The molecule has 0 aliphatic rings. The summed E-state index contributed by atoms with van der Waals surface area (Å²) in [4.78, 5) is 9.18. The fourth-order valence-electron chi connectivity index (χ4n) is 5.07. The van der Waals surface area contributed by atoms with Crippen molar-refractivity contribution in [2.45, 2.75) is 0 Å². The minimum Gasteiger partial charge on any atom is -0.293 e. The van der Waals surface area contributed by atoms with Crippen LogP contribution < -0.4 is 0 Å². The van der Waals surface area contributed by atoms with Gasteiger partial charge in [0.1, 0.15) is 0 Å². The van der Waals surface area contributed by atoms with Crippen molar-refractivity contribution in [1.82, 2.24) is 14.5 Å². The molecule has 5 aromatic carbocycles. The standard InChI is InChI=1S/C32H20ClN3/c33-32-34-28-14-8-7-13-25(28)31(35-32)36-29-17-15-23(21-9-3-1-4-10-21)19-26(29)27-20-24(16-18-30(27)36)22-11-5-2-6-12-22/h1-20H. The van der Waals surface area contributed by atoms with Crippen LogP contribution in [0.15, 0.2) is 121 Å². The average Bonchev–Trinajstić information content (AvgIpc) is 3.26. The highest BCUT2D eigenvalue weighted by molar-refractivity contribution is 6.28. The van der Waals surface area contributed by atoms with E-state index in [-0.39, 0.29) is 5.28 Å². The first kappa shape index (κ1) is 20.9. The van der Waals surface area contributed by atoms with Gasteiger partial charge < -0.3 is 0 Å². The molecule has 3 nitrogen and oxygen atoms in total. The van der Waals surface area contributed by atoms with Crippen LogP contribution in [0.5, 0.6) is 0 Å². The number of para-hydroxylation sites is 1. The van der Waals surface area contributed by atoms with Gasteiger partial charge in [-0.1, -0.05) is 84.9 Å². The summed E-state index contributed by atoms with van der Waals surface area (Å²) >= 11 is 6.42. The van der Waals surface area contributed by atoms with Crippen LogP contribution in [0.2, 0.25) is 5.28 Å². The van der Waals surface area contributed by atoms with E-state index in [1.807, 2.05) is 30.3 Å². The second kappa shape index (κ2) is 8.33. The quantitative estimate of drug-likeness (QED) is 0.236. The van der Waals surface area contributed by atoms with E-state index in [1.54, 1.807) is 0 Å². The van der Waals surface area contributed by atoms with Crippen molar-refractivity contribution in [3.63, 3.8) is 0 Å². The average molecular weight is 482 g/mol. The Bertz CT molecular complexity index is 1790. The lowest BCUT2D eigenvalue weighted by Gasteiger charge is -2.11. The number of aromatic nitrogens is 3. The maximum absolute atomic E-state index is 6.42. The van der Waals surface area contributed by atoms with Gasteiger partial charge in [0.25, 0.3) is 0 Å². The molecule has 7 rings (SSSR count). The molecule has 0 spiro atoms. The topological polar surface area (TPSA) is 30.7 Å². The molecule has 0 amide bonds. The molecule has 0 atom stereocenters. The number of hydrogen-bond acceptors (Lipinski definition) is 2. The second-order valence-electron chi connectivity index (χ2n) is 8.86. The van der Waals surface area contributed by atoms with Gasteiger partial charge in [-0.3, -0.25) is 4.57 Å². The molecule has 0 unspecified atom stereocenters. The van der Waals surface area contributed by atoms with Crippen LogP contribution in [-0.2, 0) is 0 Å². The van der Waals surface area contributed by atoms with Crippen molar-refractivity contribution < 1.29 is 0 Å². The normalized spacial score (nSPS) is 11.5. The molecule has 2 aromatic heterocycles. The Hall–Kier alpha value is -4.47. The fraction of sp³-hybridized carbons (Fsp3) is 0. The van der Waals surface area contributed by atoms with E-state index in [0.29, 0.717) is 0 Å². The molecule has 36 heavy (non-hydrogen) atoms. The van der Waals surface area contributed by atoms with Crippen molar-refractivity contribution in [1.29, 1.82) is 0 Å². The van der Waals surface area contributed by atoms with E-state index in [1.165, 1.54) is 33.0 Å². The van der Waals surface area contributed by atoms with Crippen molar-refractivity contribution >= 4 is 44.3 Å². The molecule has 0 radical (unpaired) electrons. The van der Waals surface area contributed by atoms with E-state index < -0.39 is 0 Å². The second-order valence-corrected chi connectivity index (χ2v) is 9.20. The summed E-state index contributed by atoms with van der Waals surface area (Å²) in [6.45, 7) is 0. The highest BCUT2D eigenvalue weighted by Gasteiger charge is 2.18. The van der Waals surface area contributed by atoms with E-state index in [9.17, 15) is 0 Å². The summed E-state index contributed by atoms with van der Waals surface area (Å²) in [6.07, 6.45) is 0. The zero-order chi connectivity index (χ0) is 24.1. The summed E-state index contributed by atoms with van der Waals surface area (Å²) in [6, 6.07) is 42.3. The van der Waals surface area contributed by atoms with Crippen LogP contribution in [-0.4, -0.2) is 14.5 Å². The summed E-state index contributed by atoms with van der Waals surface area (Å²) in [7, 11) is 0. The first-order valence-electron chi connectivity index (χ1n) is 11.9. The van der Waals surface area contributed by atoms with Crippen LogP contribution in [0.25, 0.3) is 60.8 Å². The molecule has 2 heterocycles. The van der Waals surface area contributed by atoms with Gasteiger partial charge in [-0.2, -0.15) is 4.98 Å². The van der Waals surface area contributed by atoms with E-state index in [4.69, 9.17) is 16.6 Å². The number of nitrogens with zero attached hydrogens (tertiary/aromatic N) is 3. The van der Waals surface area contributed by atoms with Crippen molar-refractivity contribution in [3.05, 3.63) is 127 Å². The van der Waals surface area contributed by atoms with Crippen LogP contribution in [0.1, 0.15) is 0 Å². The molecule has 0 bridgehead atoms. The van der Waals surface area contributed by atoms with Crippen LogP contribution in [0, 0.1) is 0 Å². The van der Waals surface area contributed by atoms with Crippen molar-refractivity contribution in [2.75, 3.05) is 0 Å². The predicted octanol–water partition coefficient (Wildman–Crippen LogP) is 8.71. The van der Waals surface area contributed by atoms with Crippen LogP contribution >= 0.6 is 11.6 Å². The van der Waals surface area contributed by atoms with Crippen molar-refractivity contribution in [3.8, 4) is 28.1 Å². The molecular formula is C32H20ClN3. The van der Waals surface area contributed by atoms with Gasteiger partial charge in [-0.25, -0.2) is 4.98 Å². The van der Waals surface area contributed by atoms with E-state index >= 15 is 0 Å². The molecule has 0 saturated heterocycles. The fourth-order valence-corrected chi connectivity index (χ4v) is 5.25. The van der Waals surface area contributed by atoms with E-state index in [0.717, 1.165) is 27.8 Å². The summed E-state index contributed by atoms with van der Waals surface area (Å²) < 4.78 is 2.21. The SMILES string of the molecule is Clc1nc(-n2c3ccc(-c4ccccc4)cc3c3cc(-c4ccccc4)ccc32)c2ccccc2n1. The Balaban J connectivity index is 1.59. The minimum atomic E-state index is 0.237. The molecule has 170 valence electrons. The van der Waals surface area contributed by atoms with Crippen LogP contribution in [0.3, 0.4) is 0 Å². The molecule has 7 aromatic rings. The van der Waals surface area contributed by atoms with Crippen molar-refractivity contribution in [2.24, 2.45) is 0 Å². The van der Waals surface area contributed by atoms with Gasteiger partial charge in [-0.05, 0) is 70.3 Å². The van der Waals surface area contributed by atoms with Crippen LogP contribution in [0.4, 0.5) is 0 Å². The maximum atomic E-state index is 6.42. The number of halogens is 1. The minimum absolute atomic E-state index is 0.237. The lowest BCUT2D eigenvalue weighted by Crippen LogP contribution is -2.00. The third-order valence-electron chi connectivity index (χ3n) is 6.75. The molecule has 0 saturated carbocycles. The monoisotopic (exact) mass is 481 g/mol. The lowest BCUT2D eigenvalue weighted by molar-refractivity contribution is 1.07. The first-order valence-corrected chi connectivity index (χ1v) is 12.3. The zero-order valence-electron chi connectivity index (χ0n) is 19.3. The van der Waals surface area contributed by atoms with Gasteiger partial charge in [-0.15, -0.1) is 0 Å². The molecule has 4 heteroatoms. The van der Waals surface area contributed by atoms with Gasteiger partial charge >= 0.3 is 0 Å². The van der Waals surface area contributed by atoms with Gasteiger partial charge in [0, 0.05) is 16.2 Å². The Labute approximate surface area is 213 Å². The third-order valence-corrected chi connectivity index (χ3v) is 6.92. The molecular weight excluding hydrogens is 462 g/mol. The summed E-state index contributed by atoms with van der Waals surface area (Å²) in [5.41, 5.74) is 7.72. The predicted molar refractivity (Wildman–Crippen MR) is 150 cm³/mol. The summed E-state index contributed by atoms with van der Waals surface area (Å²) in [5, 5.41) is 3.53. The number of benzene rings is 5. The summed E-state index contributed by atoms with van der Waals surface area (Å²) in [5.74, 6) is 0.783. The van der Waals surface area contributed by atoms with Gasteiger partial charge in [0.2, 0.25) is 5.28 Å². The smallest absolute Gasteiger partial charge is 0.224 e. The maximum Gasteiger partial charge on any atom is 0.224 e. The molecule has 0 fully saturated rings.